The molecule has 1 saturated carbocycles. The fourth-order valence-electron chi connectivity index (χ4n) is 4.63. The van der Waals surface area contributed by atoms with E-state index in [4.69, 9.17) is 0 Å². The SMILES string of the molecule is CC1CCCN2CC(C)N(CC3CCCCC3F)C12. The van der Waals surface area contributed by atoms with Crippen molar-refractivity contribution in [3.63, 3.8) is 0 Å². The Labute approximate surface area is 117 Å². The summed E-state index contributed by atoms with van der Waals surface area (Å²) in [5.41, 5.74) is 0. The minimum Gasteiger partial charge on any atom is -0.286 e. The van der Waals surface area contributed by atoms with E-state index >= 15 is 0 Å². The molecule has 3 heteroatoms. The first-order valence-corrected chi connectivity index (χ1v) is 8.30. The van der Waals surface area contributed by atoms with Gasteiger partial charge in [-0.05, 0) is 45.1 Å². The van der Waals surface area contributed by atoms with Crippen LogP contribution in [-0.4, -0.2) is 47.8 Å². The van der Waals surface area contributed by atoms with Crippen LogP contribution in [0.15, 0.2) is 0 Å². The number of rotatable bonds is 2. The van der Waals surface area contributed by atoms with Gasteiger partial charge in [-0.3, -0.25) is 9.80 Å². The highest BCUT2D eigenvalue weighted by molar-refractivity contribution is 4.94. The minimum atomic E-state index is -0.547. The van der Waals surface area contributed by atoms with Crippen molar-refractivity contribution in [2.24, 2.45) is 11.8 Å². The van der Waals surface area contributed by atoms with Gasteiger partial charge in [-0.1, -0.05) is 19.8 Å². The number of alkyl halides is 1. The van der Waals surface area contributed by atoms with Crippen molar-refractivity contribution in [2.45, 2.75) is 70.8 Å². The van der Waals surface area contributed by atoms with Crippen LogP contribution in [-0.2, 0) is 0 Å². The van der Waals surface area contributed by atoms with Gasteiger partial charge < -0.3 is 0 Å². The summed E-state index contributed by atoms with van der Waals surface area (Å²) in [4.78, 5) is 5.28. The van der Waals surface area contributed by atoms with Gasteiger partial charge in [0.05, 0.1) is 6.17 Å². The fraction of sp³-hybridized carbons (Fsp3) is 1.00. The molecule has 2 heterocycles. The highest BCUT2D eigenvalue weighted by atomic mass is 19.1. The predicted octanol–water partition coefficient (Wildman–Crippen LogP) is 3.28. The smallest absolute Gasteiger partial charge is 0.104 e. The van der Waals surface area contributed by atoms with E-state index in [1.165, 1.54) is 32.4 Å². The molecule has 1 aliphatic carbocycles. The van der Waals surface area contributed by atoms with Gasteiger partial charge in [0.2, 0.25) is 0 Å². The van der Waals surface area contributed by atoms with Gasteiger partial charge in [-0.15, -0.1) is 0 Å². The van der Waals surface area contributed by atoms with E-state index in [1.807, 2.05) is 0 Å². The molecule has 3 aliphatic rings. The van der Waals surface area contributed by atoms with Gasteiger partial charge in [0.1, 0.15) is 6.17 Å². The molecular weight excluding hydrogens is 239 g/mol. The average Bonchev–Trinajstić information content (AvgIpc) is 2.70. The molecule has 3 rings (SSSR count). The van der Waals surface area contributed by atoms with E-state index in [0.717, 1.165) is 31.7 Å². The first-order valence-electron chi connectivity index (χ1n) is 8.30. The molecule has 0 aromatic carbocycles. The summed E-state index contributed by atoms with van der Waals surface area (Å²) in [7, 11) is 0. The highest BCUT2D eigenvalue weighted by Gasteiger charge is 2.43. The molecule has 2 saturated heterocycles. The second-order valence-electron chi connectivity index (χ2n) is 7.13. The van der Waals surface area contributed by atoms with E-state index in [-0.39, 0.29) is 0 Å². The van der Waals surface area contributed by atoms with Crippen LogP contribution in [0.25, 0.3) is 0 Å². The lowest BCUT2D eigenvalue weighted by Crippen LogP contribution is -2.50. The second kappa shape index (κ2) is 5.69. The summed E-state index contributed by atoms with van der Waals surface area (Å²) in [5.74, 6) is 1.05. The topological polar surface area (TPSA) is 6.48 Å². The number of hydrogen-bond acceptors (Lipinski definition) is 2. The number of nitrogens with zero attached hydrogens (tertiary/aromatic N) is 2. The Hall–Kier alpha value is -0.150. The molecule has 3 fully saturated rings. The molecule has 2 aliphatic heterocycles. The van der Waals surface area contributed by atoms with Crippen LogP contribution in [0.5, 0.6) is 0 Å². The molecule has 0 aromatic rings. The number of halogens is 1. The van der Waals surface area contributed by atoms with E-state index < -0.39 is 6.17 Å². The van der Waals surface area contributed by atoms with Crippen LogP contribution >= 0.6 is 0 Å². The van der Waals surface area contributed by atoms with Crippen molar-refractivity contribution in [1.29, 1.82) is 0 Å². The van der Waals surface area contributed by atoms with Crippen molar-refractivity contribution in [2.75, 3.05) is 19.6 Å². The molecule has 19 heavy (non-hydrogen) atoms. The number of piperidine rings is 1. The van der Waals surface area contributed by atoms with E-state index in [1.54, 1.807) is 0 Å². The first-order chi connectivity index (χ1) is 9.16. The first kappa shape index (κ1) is 13.8. The van der Waals surface area contributed by atoms with Crippen molar-refractivity contribution in [3.8, 4) is 0 Å². The third kappa shape index (κ3) is 2.69. The van der Waals surface area contributed by atoms with Crippen molar-refractivity contribution in [1.82, 2.24) is 9.80 Å². The molecule has 0 radical (unpaired) electrons. The zero-order valence-electron chi connectivity index (χ0n) is 12.5. The normalized spacial score (nSPS) is 45.3. The van der Waals surface area contributed by atoms with E-state index in [9.17, 15) is 4.39 Å². The summed E-state index contributed by atoms with van der Waals surface area (Å²) in [6.07, 6.45) is 6.96. The van der Waals surface area contributed by atoms with E-state index in [0.29, 0.717) is 18.1 Å². The molecule has 2 nitrogen and oxygen atoms in total. The largest absolute Gasteiger partial charge is 0.286 e. The van der Waals surface area contributed by atoms with Crippen LogP contribution in [0.2, 0.25) is 0 Å². The van der Waals surface area contributed by atoms with Crippen LogP contribution in [0.1, 0.15) is 52.4 Å². The Balaban J connectivity index is 1.68. The summed E-state index contributed by atoms with van der Waals surface area (Å²) in [6.45, 7) is 8.16. The minimum absolute atomic E-state index is 0.297. The Morgan fingerprint density at radius 2 is 1.84 bits per heavy atom. The standard InChI is InChI=1S/C16H29FN2/c1-12-6-5-9-18-10-13(2)19(16(12)18)11-14-7-3-4-8-15(14)17/h12-16H,3-11H2,1-2H3. The van der Waals surface area contributed by atoms with E-state index in [2.05, 4.69) is 23.6 Å². The zero-order valence-corrected chi connectivity index (χ0v) is 12.5. The Kier molecular flexibility index (Phi) is 4.14. The van der Waals surface area contributed by atoms with Crippen LogP contribution in [0, 0.1) is 11.8 Å². The third-order valence-electron chi connectivity index (χ3n) is 5.65. The lowest BCUT2D eigenvalue weighted by molar-refractivity contribution is 0.0175. The summed E-state index contributed by atoms with van der Waals surface area (Å²) in [5, 5.41) is 0. The highest BCUT2D eigenvalue weighted by Crippen LogP contribution is 2.36. The molecular formula is C16H29FN2. The monoisotopic (exact) mass is 268 g/mol. The maximum absolute atomic E-state index is 14.1. The van der Waals surface area contributed by atoms with Crippen LogP contribution < -0.4 is 0 Å². The lowest BCUT2D eigenvalue weighted by atomic mass is 9.86. The molecule has 0 spiro atoms. The lowest BCUT2D eigenvalue weighted by Gasteiger charge is -2.41. The molecule has 0 N–H and O–H groups in total. The Morgan fingerprint density at radius 3 is 2.63 bits per heavy atom. The number of hydrogen-bond donors (Lipinski definition) is 0. The molecule has 110 valence electrons. The average molecular weight is 268 g/mol. The van der Waals surface area contributed by atoms with Crippen LogP contribution in [0.4, 0.5) is 4.39 Å². The van der Waals surface area contributed by atoms with Crippen molar-refractivity contribution in [3.05, 3.63) is 0 Å². The van der Waals surface area contributed by atoms with Crippen LogP contribution in [0.3, 0.4) is 0 Å². The Morgan fingerprint density at radius 1 is 1.05 bits per heavy atom. The van der Waals surface area contributed by atoms with Gasteiger partial charge in [-0.25, -0.2) is 4.39 Å². The molecule has 0 aromatic heterocycles. The maximum Gasteiger partial charge on any atom is 0.104 e. The quantitative estimate of drug-likeness (QED) is 0.758. The zero-order chi connectivity index (χ0) is 13.4. The Bertz CT molecular complexity index is 309. The molecule has 0 amide bonds. The predicted molar refractivity (Wildman–Crippen MR) is 76.8 cm³/mol. The fourth-order valence-corrected chi connectivity index (χ4v) is 4.63. The summed E-state index contributed by atoms with van der Waals surface area (Å²) < 4.78 is 14.1. The van der Waals surface area contributed by atoms with Gasteiger partial charge in [-0.2, -0.15) is 0 Å². The van der Waals surface area contributed by atoms with Gasteiger partial charge >= 0.3 is 0 Å². The van der Waals surface area contributed by atoms with Gasteiger partial charge in [0.25, 0.3) is 0 Å². The summed E-state index contributed by atoms with van der Waals surface area (Å²) in [6, 6.07) is 0.611. The van der Waals surface area contributed by atoms with Crippen molar-refractivity contribution >= 4 is 0 Å². The van der Waals surface area contributed by atoms with Crippen molar-refractivity contribution < 1.29 is 4.39 Å². The molecule has 5 atom stereocenters. The second-order valence-corrected chi connectivity index (χ2v) is 7.13. The van der Waals surface area contributed by atoms with Gasteiger partial charge in [0.15, 0.2) is 0 Å². The molecule has 5 unspecified atom stereocenters. The van der Waals surface area contributed by atoms with Gasteiger partial charge in [0, 0.05) is 25.0 Å². The number of fused-ring (bicyclic) bond motifs is 1. The molecule has 0 bridgehead atoms. The third-order valence-corrected chi connectivity index (χ3v) is 5.65. The maximum atomic E-state index is 14.1. The summed E-state index contributed by atoms with van der Waals surface area (Å²) >= 11 is 0.